The van der Waals surface area contributed by atoms with Gasteiger partial charge < -0.3 is 19.1 Å². The smallest absolute Gasteiger partial charge is 0.299 e. The number of para-hydroxylation sites is 2. The minimum Gasteiger partial charge on any atom is -0.423 e. The maximum Gasteiger partial charge on any atom is 0.299 e. The molecule has 0 saturated carbocycles. The number of oxazole rings is 1. The summed E-state index contributed by atoms with van der Waals surface area (Å²) < 4.78 is 5.87. The number of carbonyl (C=O) groups is 1. The number of fused-ring (bicyclic) bond motifs is 1. The molecule has 2 saturated heterocycles. The fraction of sp³-hybridized carbons (Fsp3) is 0.529. The topological polar surface area (TPSA) is 52.8 Å². The third-order valence-corrected chi connectivity index (χ3v) is 4.88. The van der Waals surface area contributed by atoms with E-state index in [2.05, 4.69) is 16.9 Å². The van der Waals surface area contributed by atoms with Gasteiger partial charge in [-0.3, -0.25) is 4.79 Å². The highest BCUT2D eigenvalue weighted by atomic mass is 16.4. The lowest BCUT2D eigenvalue weighted by atomic mass is 10.1. The van der Waals surface area contributed by atoms with E-state index >= 15 is 0 Å². The van der Waals surface area contributed by atoms with Crippen LogP contribution in [0, 0.1) is 0 Å². The van der Waals surface area contributed by atoms with Gasteiger partial charge in [-0.1, -0.05) is 12.1 Å². The van der Waals surface area contributed by atoms with Gasteiger partial charge in [0.05, 0.1) is 0 Å². The Hall–Kier alpha value is -2.08. The van der Waals surface area contributed by atoms with E-state index in [9.17, 15) is 4.79 Å². The summed E-state index contributed by atoms with van der Waals surface area (Å²) in [4.78, 5) is 23.8. The summed E-state index contributed by atoms with van der Waals surface area (Å²) in [5, 5.41) is 0. The number of rotatable bonds is 2. The number of hydrogen-bond donors (Lipinski definition) is 0. The number of piperazine rings is 1. The van der Waals surface area contributed by atoms with E-state index in [1.54, 1.807) is 0 Å². The molecule has 6 heteroatoms. The molecule has 6 nitrogen and oxygen atoms in total. The molecule has 2 fully saturated rings. The van der Waals surface area contributed by atoms with Crippen LogP contribution in [0.4, 0.5) is 6.01 Å². The molecule has 23 heavy (non-hydrogen) atoms. The average molecular weight is 314 g/mol. The number of carbonyl (C=O) groups excluding carboxylic acids is 1. The van der Waals surface area contributed by atoms with Gasteiger partial charge in [-0.2, -0.15) is 4.98 Å². The van der Waals surface area contributed by atoms with Gasteiger partial charge in [-0.05, 0) is 32.0 Å². The lowest BCUT2D eigenvalue weighted by Gasteiger charge is -2.35. The Kier molecular flexibility index (Phi) is 3.69. The second kappa shape index (κ2) is 5.85. The molecule has 0 bridgehead atoms. The number of anilines is 1. The van der Waals surface area contributed by atoms with E-state index in [-0.39, 0.29) is 11.9 Å². The number of likely N-dealkylation sites (N-methyl/N-ethyl adjacent to an activating group) is 1. The van der Waals surface area contributed by atoms with Gasteiger partial charge in [-0.25, -0.2) is 0 Å². The second-order valence-electron chi connectivity index (χ2n) is 6.44. The van der Waals surface area contributed by atoms with Crippen molar-refractivity contribution < 1.29 is 9.21 Å². The standard InChI is InChI=1S/C17H22N4O2/c1-19-9-11-20(12-10-19)16(22)14-6-4-8-21(14)17-18-13-5-2-3-7-15(13)23-17/h2-3,5,7,14H,4,6,8-12H2,1H3. The van der Waals surface area contributed by atoms with Crippen molar-refractivity contribution in [3.63, 3.8) is 0 Å². The van der Waals surface area contributed by atoms with Crippen LogP contribution in [0.15, 0.2) is 28.7 Å². The van der Waals surface area contributed by atoms with Gasteiger partial charge >= 0.3 is 0 Å². The number of aromatic nitrogens is 1. The Morgan fingerprint density at radius 2 is 1.96 bits per heavy atom. The molecule has 1 unspecified atom stereocenters. The lowest BCUT2D eigenvalue weighted by Crippen LogP contribution is -2.53. The molecule has 4 rings (SSSR count). The van der Waals surface area contributed by atoms with Crippen molar-refractivity contribution in [2.45, 2.75) is 18.9 Å². The zero-order chi connectivity index (χ0) is 15.8. The van der Waals surface area contributed by atoms with E-state index in [1.165, 1.54) is 0 Å². The Labute approximate surface area is 135 Å². The Morgan fingerprint density at radius 1 is 1.17 bits per heavy atom. The molecule has 0 aliphatic carbocycles. The van der Waals surface area contributed by atoms with Crippen LogP contribution in [-0.4, -0.2) is 66.5 Å². The SMILES string of the molecule is CN1CCN(C(=O)C2CCCN2c2nc3ccccc3o2)CC1. The van der Waals surface area contributed by atoms with E-state index in [1.807, 2.05) is 34.1 Å². The van der Waals surface area contributed by atoms with Crippen LogP contribution in [0.1, 0.15) is 12.8 Å². The summed E-state index contributed by atoms with van der Waals surface area (Å²) in [5.74, 6) is 0.220. The van der Waals surface area contributed by atoms with Gasteiger partial charge in [0.15, 0.2) is 5.58 Å². The van der Waals surface area contributed by atoms with Gasteiger partial charge in [0.1, 0.15) is 11.6 Å². The minimum absolute atomic E-state index is 0.133. The fourth-order valence-corrected chi connectivity index (χ4v) is 3.47. The van der Waals surface area contributed by atoms with Crippen LogP contribution >= 0.6 is 0 Å². The molecule has 2 aliphatic heterocycles. The zero-order valence-electron chi connectivity index (χ0n) is 13.4. The molecule has 2 aliphatic rings. The van der Waals surface area contributed by atoms with E-state index in [4.69, 9.17) is 4.42 Å². The van der Waals surface area contributed by atoms with E-state index in [0.29, 0.717) is 6.01 Å². The van der Waals surface area contributed by atoms with Gasteiger partial charge in [-0.15, -0.1) is 0 Å². The highest BCUT2D eigenvalue weighted by Gasteiger charge is 2.36. The highest BCUT2D eigenvalue weighted by molar-refractivity contribution is 5.86. The van der Waals surface area contributed by atoms with Gasteiger partial charge in [0, 0.05) is 32.7 Å². The number of hydrogen-bond acceptors (Lipinski definition) is 5. The summed E-state index contributed by atoms with van der Waals surface area (Å²) in [7, 11) is 2.10. The summed E-state index contributed by atoms with van der Waals surface area (Å²) in [5.41, 5.74) is 1.63. The molecule has 1 aromatic carbocycles. The molecule has 1 aromatic heterocycles. The Morgan fingerprint density at radius 3 is 2.74 bits per heavy atom. The second-order valence-corrected chi connectivity index (χ2v) is 6.44. The van der Waals surface area contributed by atoms with Gasteiger partial charge in [0.25, 0.3) is 6.01 Å². The monoisotopic (exact) mass is 314 g/mol. The Balaban J connectivity index is 1.55. The number of nitrogens with zero attached hydrogens (tertiary/aromatic N) is 4. The Bertz CT molecular complexity index is 672. The first-order chi connectivity index (χ1) is 11.2. The first kappa shape index (κ1) is 14.5. The van der Waals surface area contributed by atoms with Crippen LogP contribution < -0.4 is 4.90 Å². The van der Waals surface area contributed by atoms with Crippen molar-refractivity contribution in [1.29, 1.82) is 0 Å². The largest absolute Gasteiger partial charge is 0.423 e. The molecular formula is C17H22N4O2. The molecular weight excluding hydrogens is 292 g/mol. The maximum atomic E-state index is 12.9. The molecule has 1 atom stereocenters. The quantitative estimate of drug-likeness (QED) is 0.842. The van der Waals surface area contributed by atoms with Gasteiger partial charge in [0.2, 0.25) is 5.91 Å². The number of amides is 1. The van der Waals surface area contributed by atoms with Crippen LogP contribution in [0.3, 0.4) is 0 Å². The molecule has 2 aromatic rings. The predicted molar refractivity (Wildman–Crippen MR) is 88.5 cm³/mol. The van der Waals surface area contributed by atoms with E-state index in [0.717, 1.165) is 56.7 Å². The third kappa shape index (κ3) is 2.67. The summed E-state index contributed by atoms with van der Waals surface area (Å²) in [6.07, 6.45) is 1.88. The lowest BCUT2D eigenvalue weighted by molar-refractivity contribution is -0.134. The van der Waals surface area contributed by atoms with Crippen LogP contribution in [0.2, 0.25) is 0 Å². The minimum atomic E-state index is -0.133. The van der Waals surface area contributed by atoms with Crippen LogP contribution in [0.5, 0.6) is 0 Å². The first-order valence-corrected chi connectivity index (χ1v) is 8.32. The average Bonchev–Trinajstić information content (AvgIpc) is 3.21. The first-order valence-electron chi connectivity index (χ1n) is 8.32. The molecule has 0 spiro atoms. The molecule has 1 amide bonds. The van der Waals surface area contributed by atoms with Crippen LogP contribution in [-0.2, 0) is 4.79 Å². The zero-order valence-corrected chi connectivity index (χ0v) is 13.4. The fourth-order valence-electron chi connectivity index (χ4n) is 3.47. The summed E-state index contributed by atoms with van der Waals surface area (Å²) in [6.45, 7) is 4.35. The molecule has 0 radical (unpaired) electrons. The summed E-state index contributed by atoms with van der Waals surface area (Å²) >= 11 is 0. The van der Waals surface area contributed by atoms with Crippen molar-refractivity contribution in [1.82, 2.24) is 14.8 Å². The molecule has 3 heterocycles. The number of benzene rings is 1. The van der Waals surface area contributed by atoms with E-state index < -0.39 is 0 Å². The predicted octanol–water partition coefficient (Wildman–Crippen LogP) is 1.57. The summed E-state index contributed by atoms with van der Waals surface area (Å²) in [6, 6.07) is 8.19. The van der Waals surface area contributed by atoms with Crippen molar-refractivity contribution >= 4 is 23.0 Å². The normalized spacial score (nSPS) is 22.9. The molecule has 0 N–H and O–H groups in total. The van der Waals surface area contributed by atoms with Crippen molar-refractivity contribution in [2.75, 3.05) is 44.7 Å². The molecule has 122 valence electrons. The highest BCUT2D eigenvalue weighted by Crippen LogP contribution is 2.29. The van der Waals surface area contributed by atoms with Crippen molar-refractivity contribution in [2.24, 2.45) is 0 Å². The van der Waals surface area contributed by atoms with Crippen molar-refractivity contribution in [3.05, 3.63) is 24.3 Å². The van der Waals surface area contributed by atoms with Crippen LogP contribution in [0.25, 0.3) is 11.1 Å². The maximum absolute atomic E-state index is 12.9. The third-order valence-electron chi connectivity index (χ3n) is 4.88. The van der Waals surface area contributed by atoms with Crippen molar-refractivity contribution in [3.8, 4) is 0 Å².